The van der Waals surface area contributed by atoms with E-state index >= 15 is 0 Å². The lowest BCUT2D eigenvalue weighted by molar-refractivity contribution is 0.101. The van der Waals surface area contributed by atoms with Crippen molar-refractivity contribution in [3.05, 3.63) is 66.0 Å². The lowest BCUT2D eigenvalue weighted by atomic mass is 10.1. The summed E-state index contributed by atoms with van der Waals surface area (Å²) in [4.78, 5) is 32.1. The quantitative estimate of drug-likeness (QED) is 0.658. The third-order valence-corrected chi connectivity index (χ3v) is 4.07. The Hall–Kier alpha value is -3.94. The Morgan fingerprint density at radius 2 is 1.71 bits per heavy atom. The van der Waals surface area contributed by atoms with Crippen LogP contribution in [0, 0.1) is 0 Å². The van der Waals surface area contributed by atoms with Crippen LogP contribution in [0.15, 0.2) is 54.9 Å². The first-order valence-electron chi connectivity index (χ1n) is 8.49. The minimum Gasteiger partial charge on any atom is -0.454 e. The van der Waals surface area contributed by atoms with Crippen LogP contribution in [-0.4, -0.2) is 28.5 Å². The van der Waals surface area contributed by atoms with Crippen LogP contribution in [-0.2, 0) is 0 Å². The number of benzene rings is 2. The van der Waals surface area contributed by atoms with Gasteiger partial charge >= 0.3 is 0 Å². The number of anilines is 3. The second kappa shape index (κ2) is 7.36. The lowest BCUT2D eigenvalue weighted by Crippen LogP contribution is -2.13. The van der Waals surface area contributed by atoms with Crippen molar-refractivity contribution in [2.75, 3.05) is 17.4 Å². The zero-order valence-corrected chi connectivity index (χ0v) is 14.9. The van der Waals surface area contributed by atoms with Crippen molar-refractivity contribution >= 4 is 29.0 Å². The predicted molar refractivity (Wildman–Crippen MR) is 102 cm³/mol. The van der Waals surface area contributed by atoms with E-state index in [0.29, 0.717) is 34.3 Å². The number of aromatic nitrogens is 2. The fourth-order valence-electron chi connectivity index (χ4n) is 2.63. The zero-order chi connectivity index (χ0) is 19.5. The van der Waals surface area contributed by atoms with Crippen LogP contribution in [0.4, 0.5) is 17.3 Å². The molecule has 0 atom stereocenters. The van der Waals surface area contributed by atoms with Crippen molar-refractivity contribution in [1.29, 1.82) is 0 Å². The number of nitrogens with zero attached hydrogens (tertiary/aromatic N) is 2. The number of rotatable bonds is 5. The van der Waals surface area contributed by atoms with Crippen molar-refractivity contribution in [1.82, 2.24) is 9.97 Å². The number of ether oxygens (including phenoxy) is 2. The SMILES string of the molecule is CC(=O)c1cccc(NC(=O)c2cnc(Nc3ccc4c(c3)OCO4)nc2)c1. The molecule has 0 saturated heterocycles. The Morgan fingerprint density at radius 1 is 0.929 bits per heavy atom. The van der Waals surface area contributed by atoms with Gasteiger partial charge in [-0.2, -0.15) is 0 Å². The molecule has 0 unspecified atom stereocenters. The minimum atomic E-state index is -0.365. The molecule has 8 heteroatoms. The summed E-state index contributed by atoms with van der Waals surface area (Å²) >= 11 is 0. The number of carbonyl (C=O) groups is 2. The molecule has 0 aliphatic carbocycles. The molecule has 28 heavy (non-hydrogen) atoms. The largest absolute Gasteiger partial charge is 0.454 e. The fraction of sp³-hybridized carbons (Fsp3) is 0.100. The second-order valence-electron chi connectivity index (χ2n) is 6.08. The molecule has 0 fully saturated rings. The summed E-state index contributed by atoms with van der Waals surface area (Å²) in [6.07, 6.45) is 2.85. The third-order valence-electron chi connectivity index (χ3n) is 4.07. The molecule has 2 N–H and O–H groups in total. The zero-order valence-electron chi connectivity index (χ0n) is 14.9. The average Bonchev–Trinajstić information content (AvgIpc) is 3.16. The Balaban J connectivity index is 1.43. The van der Waals surface area contributed by atoms with E-state index in [2.05, 4.69) is 20.6 Å². The lowest BCUT2D eigenvalue weighted by Gasteiger charge is -2.08. The summed E-state index contributed by atoms with van der Waals surface area (Å²) in [6.45, 7) is 1.68. The van der Waals surface area contributed by atoms with Gasteiger partial charge in [-0.3, -0.25) is 9.59 Å². The van der Waals surface area contributed by atoms with Crippen LogP contribution < -0.4 is 20.1 Å². The number of nitrogens with one attached hydrogen (secondary N) is 2. The van der Waals surface area contributed by atoms with Gasteiger partial charge in [-0.15, -0.1) is 0 Å². The minimum absolute atomic E-state index is 0.0709. The van der Waals surface area contributed by atoms with E-state index in [1.54, 1.807) is 36.4 Å². The van der Waals surface area contributed by atoms with Crippen molar-refractivity contribution < 1.29 is 19.1 Å². The summed E-state index contributed by atoms with van der Waals surface area (Å²) in [6, 6.07) is 12.1. The Labute approximate surface area is 160 Å². The summed E-state index contributed by atoms with van der Waals surface area (Å²) in [7, 11) is 0. The van der Waals surface area contributed by atoms with Crippen molar-refractivity contribution in [3.63, 3.8) is 0 Å². The highest BCUT2D eigenvalue weighted by Crippen LogP contribution is 2.34. The first-order valence-corrected chi connectivity index (χ1v) is 8.49. The van der Waals surface area contributed by atoms with E-state index in [4.69, 9.17) is 9.47 Å². The standard InChI is InChI=1S/C20H16N4O4/c1-12(25)13-3-2-4-15(7-13)23-19(26)14-9-21-20(22-10-14)24-16-5-6-17-18(8-16)28-11-27-17/h2-10H,11H2,1H3,(H,23,26)(H,21,22,24). The Morgan fingerprint density at radius 3 is 2.50 bits per heavy atom. The molecule has 0 saturated carbocycles. The van der Waals surface area contributed by atoms with Crippen molar-refractivity contribution in [2.24, 2.45) is 0 Å². The number of hydrogen-bond donors (Lipinski definition) is 2. The fourth-order valence-corrected chi connectivity index (χ4v) is 2.63. The third kappa shape index (κ3) is 3.75. The number of Topliss-reactive ketones (excluding diaryl/α,β-unsaturated/α-hetero) is 1. The highest BCUT2D eigenvalue weighted by atomic mass is 16.7. The van der Waals surface area contributed by atoms with E-state index in [1.807, 2.05) is 6.07 Å². The molecule has 3 aromatic rings. The van der Waals surface area contributed by atoms with Crippen molar-refractivity contribution in [3.8, 4) is 11.5 Å². The first kappa shape index (κ1) is 17.5. The predicted octanol–water partition coefficient (Wildman–Crippen LogP) is 3.40. The molecule has 2 aromatic carbocycles. The summed E-state index contributed by atoms with van der Waals surface area (Å²) in [5, 5.41) is 5.77. The molecule has 1 aromatic heterocycles. The molecule has 140 valence electrons. The highest BCUT2D eigenvalue weighted by Gasteiger charge is 2.14. The van der Waals surface area contributed by atoms with Gasteiger partial charge in [0.15, 0.2) is 17.3 Å². The second-order valence-corrected chi connectivity index (χ2v) is 6.08. The number of carbonyl (C=O) groups excluding carboxylic acids is 2. The number of hydrogen-bond acceptors (Lipinski definition) is 7. The summed E-state index contributed by atoms with van der Waals surface area (Å²) in [5.74, 6) is 1.24. The molecule has 1 aliphatic heterocycles. The molecule has 0 bridgehead atoms. The molecule has 8 nitrogen and oxygen atoms in total. The molecule has 1 amide bonds. The maximum Gasteiger partial charge on any atom is 0.258 e. The summed E-state index contributed by atoms with van der Waals surface area (Å²) < 4.78 is 10.6. The maximum absolute atomic E-state index is 12.4. The molecule has 0 radical (unpaired) electrons. The van der Waals surface area contributed by atoms with Crippen LogP contribution in [0.3, 0.4) is 0 Å². The highest BCUT2D eigenvalue weighted by molar-refractivity contribution is 6.04. The molecular formula is C20H16N4O4. The van der Waals surface area contributed by atoms with Crippen LogP contribution in [0.5, 0.6) is 11.5 Å². The monoisotopic (exact) mass is 376 g/mol. The average molecular weight is 376 g/mol. The van der Waals surface area contributed by atoms with Gasteiger partial charge in [0.25, 0.3) is 5.91 Å². The maximum atomic E-state index is 12.4. The van der Waals surface area contributed by atoms with E-state index < -0.39 is 0 Å². The van der Waals surface area contributed by atoms with Crippen molar-refractivity contribution in [2.45, 2.75) is 6.92 Å². The van der Waals surface area contributed by atoms with Crippen LogP contribution in [0.1, 0.15) is 27.6 Å². The molecule has 2 heterocycles. The van der Waals surface area contributed by atoms with E-state index in [1.165, 1.54) is 19.3 Å². The number of ketones is 1. The normalized spacial score (nSPS) is 11.8. The van der Waals surface area contributed by atoms with Gasteiger partial charge in [0.1, 0.15) is 0 Å². The Kier molecular flexibility index (Phi) is 4.59. The number of amides is 1. The van der Waals surface area contributed by atoms with Gasteiger partial charge in [0, 0.05) is 35.4 Å². The molecule has 1 aliphatic rings. The van der Waals surface area contributed by atoms with Crippen LogP contribution in [0.25, 0.3) is 0 Å². The van der Waals surface area contributed by atoms with Gasteiger partial charge in [0.2, 0.25) is 12.7 Å². The molecular weight excluding hydrogens is 360 g/mol. The van der Waals surface area contributed by atoms with E-state index in [-0.39, 0.29) is 18.5 Å². The van der Waals surface area contributed by atoms with Gasteiger partial charge in [0.05, 0.1) is 5.56 Å². The van der Waals surface area contributed by atoms with E-state index in [0.717, 1.165) is 5.69 Å². The van der Waals surface area contributed by atoms with Crippen LogP contribution >= 0.6 is 0 Å². The first-order chi connectivity index (χ1) is 13.6. The Bertz CT molecular complexity index is 1050. The van der Waals surface area contributed by atoms with Crippen LogP contribution in [0.2, 0.25) is 0 Å². The topological polar surface area (TPSA) is 102 Å². The molecule has 4 rings (SSSR count). The number of fused-ring (bicyclic) bond motifs is 1. The van der Waals surface area contributed by atoms with Gasteiger partial charge in [-0.25, -0.2) is 9.97 Å². The van der Waals surface area contributed by atoms with Gasteiger partial charge in [-0.1, -0.05) is 12.1 Å². The van der Waals surface area contributed by atoms with Gasteiger partial charge in [-0.05, 0) is 31.2 Å². The molecule has 0 spiro atoms. The summed E-state index contributed by atoms with van der Waals surface area (Å²) in [5.41, 5.74) is 2.09. The van der Waals surface area contributed by atoms with E-state index in [9.17, 15) is 9.59 Å². The van der Waals surface area contributed by atoms with Gasteiger partial charge < -0.3 is 20.1 Å². The smallest absolute Gasteiger partial charge is 0.258 e.